The van der Waals surface area contributed by atoms with Crippen LogP contribution in [0.2, 0.25) is 0 Å². The van der Waals surface area contributed by atoms with Crippen LogP contribution in [0.4, 0.5) is 0 Å². The molecule has 0 amide bonds. The van der Waals surface area contributed by atoms with Gasteiger partial charge in [0.25, 0.3) is 0 Å². The average Bonchev–Trinajstić information content (AvgIpc) is 2.46. The standard InChI is InChI=1S/C19H33NO/c21-7-6-20(18-4-2-1-3-5-18)14-19-11-15-8-16(12-19)10-17(9-15)13-19/h15-18,21H,1-14H2. The third-order valence-electron chi connectivity index (χ3n) is 7.18. The minimum Gasteiger partial charge on any atom is -0.395 e. The second-order valence-corrected chi connectivity index (χ2v) is 8.90. The summed E-state index contributed by atoms with van der Waals surface area (Å²) in [5.41, 5.74) is 0.640. The largest absolute Gasteiger partial charge is 0.395 e. The van der Waals surface area contributed by atoms with Gasteiger partial charge in [0, 0.05) is 19.1 Å². The molecule has 0 unspecified atom stereocenters. The maximum atomic E-state index is 9.54. The fourth-order valence-corrected chi connectivity index (χ4v) is 6.88. The Morgan fingerprint density at radius 3 is 1.95 bits per heavy atom. The molecule has 2 nitrogen and oxygen atoms in total. The van der Waals surface area contributed by atoms with Crippen LogP contribution >= 0.6 is 0 Å². The fraction of sp³-hybridized carbons (Fsp3) is 1.00. The number of aliphatic hydroxyl groups is 1. The molecule has 5 aliphatic carbocycles. The molecule has 5 aliphatic rings. The minimum absolute atomic E-state index is 0.350. The normalized spacial score (nSPS) is 42.9. The van der Waals surface area contributed by atoms with E-state index in [0.717, 1.165) is 30.3 Å². The van der Waals surface area contributed by atoms with Gasteiger partial charge in [-0.05, 0) is 74.5 Å². The van der Waals surface area contributed by atoms with Gasteiger partial charge in [-0.3, -0.25) is 4.90 Å². The van der Waals surface area contributed by atoms with E-state index in [9.17, 15) is 5.11 Å². The topological polar surface area (TPSA) is 23.5 Å². The van der Waals surface area contributed by atoms with Crippen molar-refractivity contribution in [3.05, 3.63) is 0 Å². The van der Waals surface area contributed by atoms with Crippen LogP contribution in [0.25, 0.3) is 0 Å². The summed E-state index contributed by atoms with van der Waals surface area (Å²) in [5.74, 6) is 3.16. The van der Waals surface area contributed by atoms with E-state index < -0.39 is 0 Å². The molecule has 0 atom stereocenters. The highest BCUT2D eigenvalue weighted by molar-refractivity contribution is 5.03. The van der Waals surface area contributed by atoms with Crippen molar-refractivity contribution in [2.45, 2.75) is 76.7 Å². The first-order chi connectivity index (χ1) is 10.3. The Hall–Kier alpha value is -0.0800. The number of rotatable bonds is 5. The first-order valence-corrected chi connectivity index (χ1v) is 9.61. The van der Waals surface area contributed by atoms with Gasteiger partial charge in [0.15, 0.2) is 0 Å². The molecule has 0 spiro atoms. The molecule has 0 aliphatic heterocycles. The zero-order valence-corrected chi connectivity index (χ0v) is 13.6. The molecular weight excluding hydrogens is 258 g/mol. The van der Waals surface area contributed by atoms with Crippen molar-refractivity contribution in [3.8, 4) is 0 Å². The average molecular weight is 291 g/mol. The summed E-state index contributed by atoms with van der Waals surface area (Å²) in [7, 11) is 0. The number of hydrogen-bond acceptors (Lipinski definition) is 2. The lowest BCUT2D eigenvalue weighted by atomic mass is 9.49. The molecule has 0 saturated heterocycles. The summed E-state index contributed by atoms with van der Waals surface area (Å²) in [6, 6.07) is 0.777. The molecule has 2 heteroatoms. The van der Waals surface area contributed by atoms with Gasteiger partial charge in [-0.15, -0.1) is 0 Å². The van der Waals surface area contributed by atoms with Crippen LogP contribution in [-0.2, 0) is 0 Å². The van der Waals surface area contributed by atoms with E-state index >= 15 is 0 Å². The quantitative estimate of drug-likeness (QED) is 0.832. The van der Waals surface area contributed by atoms with Crippen molar-refractivity contribution in [1.82, 2.24) is 4.90 Å². The van der Waals surface area contributed by atoms with Crippen LogP contribution in [-0.4, -0.2) is 35.7 Å². The Kier molecular flexibility index (Phi) is 4.04. The highest BCUT2D eigenvalue weighted by atomic mass is 16.3. The summed E-state index contributed by atoms with van der Waals surface area (Å²) in [6.45, 7) is 2.58. The maximum Gasteiger partial charge on any atom is 0.0558 e. The Balaban J connectivity index is 1.46. The molecule has 120 valence electrons. The van der Waals surface area contributed by atoms with Crippen molar-refractivity contribution >= 4 is 0 Å². The Morgan fingerprint density at radius 1 is 0.857 bits per heavy atom. The van der Waals surface area contributed by atoms with Crippen molar-refractivity contribution < 1.29 is 5.11 Å². The molecule has 4 bridgehead atoms. The molecule has 21 heavy (non-hydrogen) atoms. The monoisotopic (exact) mass is 291 g/mol. The summed E-state index contributed by atoms with van der Waals surface area (Å²) in [6.07, 6.45) is 16.2. The molecule has 0 aromatic carbocycles. The summed E-state index contributed by atoms with van der Waals surface area (Å²) in [4.78, 5) is 2.71. The minimum atomic E-state index is 0.350. The van der Waals surface area contributed by atoms with Crippen LogP contribution in [0.5, 0.6) is 0 Å². The fourth-order valence-electron chi connectivity index (χ4n) is 6.88. The Bertz CT molecular complexity index is 325. The first kappa shape index (κ1) is 14.5. The third kappa shape index (κ3) is 2.91. The molecule has 5 fully saturated rings. The third-order valence-corrected chi connectivity index (χ3v) is 7.18. The zero-order valence-electron chi connectivity index (χ0n) is 13.6. The van der Waals surface area contributed by atoms with E-state index in [0.29, 0.717) is 12.0 Å². The molecular formula is C19H33NO. The van der Waals surface area contributed by atoms with E-state index in [1.54, 1.807) is 19.3 Å². The van der Waals surface area contributed by atoms with E-state index in [2.05, 4.69) is 4.90 Å². The lowest BCUT2D eigenvalue weighted by Crippen LogP contribution is -2.53. The van der Waals surface area contributed by atoms with Gasteiger partial charge in [0.2, 0.25) is 0 Å². The first-order valence-electron chi connectivity index (χ1n) is 9.61. The van der Waals surface area contributed by atoms with Gasteiger partial charge in [-0.2, -0.15) is 0 Å². The highest BCUT2D eigenvalue weighted by Crippen LogP contribution is 2.60. The summed E-state index contributed by atoms with van der Waals surface area (Å²) < 4.78 is 0. The second-order valence-electron chi connectivity index (χ2n) is 8.90. The molecule has 0 aromatic rings. The SMILES string of the molecule is OCCN(CC12CC3CC(CC(C3)C1)C2)C1CCCCC1. The van der Waals surface area contributed by atoms with Gasteiger partial charge in [-0.1, -0.05) is 19.3 Å². The summed E-state index contributed by atoms with van der Waals surface area (Å²) >= 11 is 0. The number of aliphatic hydroxyl groups excluding tert-OH is 1. The van der Waals surface area contributed by atoms with Crippen LogP contribution in [0, 0.1) is 23.2 Å². The number of hydrogen-bond donors (Lipinski definition) is 1. The molecule has 1 N–H and O–H groups in total. The molecule has 5 saturated carbocycles. The lowest BCUT2D eigenvalue weighted by molar-refractivity contribution is -0.0778. The van der Waals surface area contributed by atoms with E-state index in [4.69, 9.17) is 0 Å². The predicted molar refractivity (Wildman–Crippen MR) is 86.1 cm³/mol. The Labute approximate surface area is 130 Å². The zero-order chi connectivity index (χ0) is 14.3. The van der Waals surface area contributed by atoms with Gasteiger partial charge < -0.3 is 5.11 Å². The van der Waals surface area contributed by atoms with E-state index in [1.165, 1.54) is 57.9 Å². The number of nitrogens with zero attached hydrogens (tertiary/aromatic N) is 1. The highest BCUT2D eigenvalue weighted by Gasteiger charge is 2.51. The predicted octanol–water partition coefficient (Wildman–Crippen LogP) is 3.83. The Morgan fingerprint density at radius 2 is 1.43 bits per heavy atom. The van der Waals surface area contributed by atoms with Gasteiger partial charge >= 0.3 is 0 Å². The molecule has 5 rings (SSSR count). The van der Waals surface area contributed by atoms with Gasteiger partial charge in [-0.25, -0.2) is 0 Å². The van der Waals surface area contributed by atoms with Crippen LogP contribution < -0.4 is 0 Å². The van der Waals surface area contributed by atoms with Gasteiger partial charge in [0.1, 0.15) is 0 Å². The van der Waals surface area contributed by atoms with Crippen molar-refractivity contribution in [2.24, 2.45) is 23.2 Å². The van der Waals surface area contributed by atoms with Crippen molar-refractivity contribution in [2.75, 3.05) is 19.7 Å². The van der Waals surface area contributed by atoms with Gasteiger partial charge in [0.05, 0.1) is 6.61 Å². The second kappa shape index (κ2) is 5.85. The van der Waals surface area contributed by atoms with E-state index in [-0.39, 0.29) is 0 Å². The van der Waals surface area contributed by atoms with Crippen molar-refractivity contribution in [3.63, 3.8) is 0 Å². The maximum absolute atomic E-state index is 9.54. The van der Waals surface area contributed by atoms with Crippen LogP contribution in [0.15, 0.2) is 0 Å². The van der Waals surface area contributed by atoms with E-state index in [1.807, 2.05) is 0 Å². The van der Waals surface area contributed by atoms with Crippen LogP contribution in [0.1, 0.15) is 70.6 Å². The smallest absolute Gasteiger partial charge is 0.0558 e. The molecule has 0 radical (unpaired) electrons. The lowest BCUT2D eigenvalue weighted by Gasteiger charge is -2.58. The molecule has 0 heterocycles. The van der Waals surface area contributed by atoms with Crippen molar-refractivity contribution in [1.29, 1.82) is 0 Å². The molecule has 0 aromatic heterocycles. The van der Waals surface area contributed by atoms with Crippen LogP contribution in [0.3, 0.4) is 0 Å². The summed E-state index contributed by atoms with van der Waals surface area (Å²) in [5, 5.41) is 9.54.